The fourth-order valence-electron chi connectivity index (χ4n) is 5.38. The number of hydrogen-bond acceptors (Lipinski definition) is 5. The zero-order valence-electron chi connectivity index (χ0n) is 17.3. The van der Waals surface area contributed by atoms with Crippen LogP contribution in [0.2, 0.25) is 0 Å². The van der Waals surface area contributed by atoms with Gasteiger partial charge in [-0.2, -0.15) is 0 Å². The first kappa shape index (κ1) is 18.8. The van der Waals surface area contributed by atoms with Crippen LogP contribution >= 0.6 is 0 Å². The van der Waals surface area contributed by atoms with E-state index in [0.717, 1.165) is 56.9 Å². The van der Waals surface area contributed by atoms with Gasteiger partial charge in [-0.25, -0.2) is 4.98 Å². The molecule has 0 radical (unpaired) electrons. The quantitative estimate of drug-likeness (QED) is 0.864. The molecule has 154 valence electrons. The molecule has 3 aliphatic rings. The van der Waals surface area contributed by atoms with Crippen LogP contribution in [0.3, 0.4) is 0 Å². The van der Waals surface area contributed by atoms with Gasteiger partial charge in [-0.05, 0) is 38.2 Å². The normalized spacial score (nSPS) is 27.3. The van der Waals surface area contributed by atoms with Crippen LogP contribution in [0.1, 0.15) is 43.7 Å². The van der Waals surface area contributed by atoms with Gasteiger partial charge in [-0.3, -0.25) is 9.36 Å². The Bertz CT molecular complexity index is 959. The molecule has 1 saturated carbocycles. The number of piperidine rings is 1. The summed E-state index contributed by atoms with van der Waals surface area (Å²) in [5, 5.41) is 0. The molecule has 29 heavy (non-hydrogen) atoms. The fraction of sp³-hybridized carbons (Fsp3) is 0.565. The maximum Gasteiger partial charge on any atom is 0.258 e. The summed E-state index contributed by atoms with van der Waals surface area (Å²) in [7, 11) is 1.85. The maximum atomic E-state index is 13.3. The Morgan fingerprint density at radius 2 is 1.83 bits per heavy atom. The molecule has 0 amide bonds. The van der Waals surface area contributed by atoms with Crippen LogP contribution in [0, 0.1) is 5.41 Å². The summed E-state index contributed by atoms with van der Waals surface area (Å²) in [5.41, 5.74) is 8.47. The van der Waals surface area contributed by atoms with Crippen molar-refractivity contribution in [3.8, 4) is 0 Å². The van der Waals surface area contributed by atoms with Crippen molar-refractivity contribution < 1.29 is 4.74 Å². The fourth-order valence-corrected chi connectivity index (χ4v) is 5.38. The molecule has 0 bridgehead atoms. The highest BCUT2D eigenvalue weighted by Crippen LogP contribution is 2.52. The molecule has 0 unspecified atom stereocenters. The van der Waals surface area contributed by atoms with E-state index in [-0.39, 0.29) is 28.5 Å². The SMILES string of the molecule is C[C@@H]1OCC2(CCN(c3ncc(C4(c5ccccc5)CC4)c(=O)n3C)CC2)[C@@H]1N. The lowest BCUT2D eigenvalue weighted by Gasteiger charge is -2.41. The Balaban J connectivity index is 1.40. The molecule has 2 aromatic rings. The van der Waals surface area contributed by atoms with Gasteiger partial charge in [0.1, 0.15) is 0 Å². The number of rotatable bonds is 3. The van der Waals surface area contributed by atoms with Gasteiger partial charge < -0.3 is 15.4 Å². The maximum absolute atomic E-state index is 13.3. The van der Waals surface area contributed by atoms with E-state index in [1.54, 1.807) is 4.57 Å². The highest BCUT2D eigenvalue weighted by atomic mass is 16.5. The van der Waals surface area contributed by atoms with Gasteiger partial charge in [-0.1, -0.05) is 30.3 Å². The van der Waals surface area contributed by atoms with E-state index in [9.17, 15) is 4.79 Å². The van der Waals surface area contributed by atoms with Crippen molar-refractivity contribution in [2.75, 3.05) is 24.6 Å². The number of benzene rings is 1. The topological polar surface area (TPSA) is 73.4 Å². The van der Waals surface area contributed by atoms with Crippen molar-refractivity contribution in [1.29, 1.82) is 0 Å². The molecule has 1 spiro atoms. The Morgan fingerprint density at radius 1 is 1.14 bits per heavy atom. The second-order valence-electron chi connectivity index (χ2n) is 9.18. The number of anilines is 1. The number of nitrogens with two attached hydrogens (primary N) is 1. The third-order valence-corrected chi connectivity index (χ3v) is 7.62. The molecule has 1 aromatic heterocycles. The predicted octanol–water partition coefficient (Wildman–Crippen LogP) is 2.19. The second-order valence-corrected chi connectivity index (χ2v) is 9.18. The molecule has 2 N–H and O–H groups in total. The standard InChI is InChI=1S/C23H30N4O2/c1-16-19(24)22(15-29-16)10-12-27(13-11-22)21-25-14-18(20(28)26(21)2)23(8-9-23)17-6-4-3-5-7-17/h3-7,14,16,19H,8-13,15,24H2,1-2H3/t16-,19+/m0/s1. The zero-order valence-corrected chi connectivity index (χ0v) is 17.3. The molecule has 6 nitrogen and oxygen atoms in total. The first-order valence-corrected chi connectivity index (χ1v) is 10.7. The van der Waals surface area contributed by atoms with Gasteiger partial charge in [0.25, 0.3) is 5.56 Å². The average molecular weight is 395 g/mol. The highest BCUT2D eigenvalue weighted by molar-refractivity contribution is 5.45. The number of ether oxygens (including phenoxy) is 1. The lowest BCUT2D eigenvalue weighted by Crippen LogP contribution is -2.51. The molecule has 3 heterocycles. The van der Waals surface area contributed by atoms with Gasteiger partial charge in [0.05, 0.1) is 12.7 Å². The van der Waals surface area contributed by atoms with Gasteiger partial charge in [-0.15, -0.1) is 0 Å². The molecule has 6 heteroatoms. The van der Waals surface area contributed by atoms with Crippen LogP contribution in [0.25, 0.3) is 0 Å². The Hall–Kier alpha value is -2.18. The third-order valence-electron chi connectivity index (χ3n) is 7.62. The first-order valence-electron chi connectivity index (χ1n) is 10.7. The van der Waals surface area contributed by atoms with Crippen molar-refractivity contribution in [3.63, 3.8) is 0 Å². The summed E-state index contributed by atoms with van der Waals surface area (Å²) < 4.78 is 7.57. The van der Waals surface area contributed by atoms with Crippen LogP contribution in [-0.2, 0) is 17.2 Å². The lowest BCUT2D eigenvalue weighted by atomic mass is 9.73. The largest absolute Gasteiger partial charge is 0.376 e. The minimum absolute atomic E-state index is 0.0695. The molecule has 5 rings (SSSR count). The lowest BCUT2D eigenvalue weighted by molar-refractivity contribution is 0.0973. The molecule has 2 saturated heterocycles. The van der Waals surface area contributed by atoms with E-state index in [0.29, 0.717) is 0 Å². The van der Waals surface area contributed by atoms with Crippen LogP contribution < -0.4 is 16.2 Å². The van der Waals surface area contributed by atoms with Gasteiger partial charge >= 0.3 is 0 Å². The number of nitrogens with zero attached hydrogens (tertiary/aromatic N) is 3. The molecule has 3 fully saturated rings. The smallest absolute Gasteiger partial charge is 0.258 e. The Kier molecular flexibility index (Phi) is 4.33. The van der Waals surface area contributed by atoms with Crippen molar-refractivity contribution in [1.82, 2.24) is 9.55 Å². The van der Waals surface area contributed by atoms with Crippen molar-refractivity contribution in [3.05, 3.63) is 58.0 Å². The van der Waals surface area contributed by atoms with E-state index in [4.69, 9.17) is 15.5 Å². The summed E-state index contributed by atoms with van der Waals surface area (Å²) in [6.07, 6.45) is 5.92. The van der Waals surface area contributed by atoms with Crippen LogP contribution in [0.5, 0.6) is 0 Å². The number of hydrogen-bond donors (Lipinski definition) is 1. The minimum atomic E-state index is -0.155. The molecular formula is C23H30N4O2. The van der Waals surface area contributed by atoms with Gasteiger partial charge in [0.15, 0.2) is 0 Å². The van der Waals surface area contributed by atoms with E-state index in [1.807, 2.05) is 31.4 Å². The summed E-state index contributed by atoms with van der Waals surface area (Å²) in [4.78, 5) is 20.3. The number of aromatic nitrogens is 2. The van der Waals surface area contributed by atoms with E-state index in [2.05, 4.69) is 24.0 Å². The van der Waals surface area contributed by atoms with Crippen molar-refractivity contribution >= 4 is 5.95 Å². The molecular weight excluding hydrogens is 364 g/mol. The monoisotopic (exact) mass is 394 g/mol. The minimum Gasteiger partial charge on any atom is -0.376 e. The average Bonchev–Trinajstić information content (AvgIpc) is 3.51. The van der Waals surface area contributed by atoms with E-state index >= 15 is 0 Å². The van der Waals surface area contributed by atoms with Crippen LogP contribution in [-0.4, -0.2) is 41.4 Å². The van der Waals surface area contributed by atoms with Gasteiger partial charge in [0.2, 0.25) is 5.95 Å². The third kappa shape index (κ3) is 2.84. The van der Waals surface area contributed by atoms with Crippen molar-refractivity contribution in [2.45, 2.75) is 50.2 Å². The summed E-state index contributed by atoms with van der Waals surface area (Å²) in [6, 6.07) is 10.4. The van der Waals surface area contributed by atoms with Gasteiger partial charge in [0, 0.05) is 48.8 Å². The Morgan fingerprint density at radius 3 is 2.41 bits per heavy atom. The van der Waals surface area contributed by atoms with Crippen LogP contribution in [0.4, 0.5) is 5.95 Å². The molecule has 1 aliphatic carbocycles. The van der Waals surface area contributed by atoms with E-state index < -0.39 is 0 Å². The molecule has 2 aliphatic heterocycles. The van der Waals surface area contributed by atoms with Crippen LogP contribution in [0.15, 0.2) is 41.3 Å². The van der Waals surface area contributed by atoms with Crippen molar-refractivity contribution in [2.24, 2.45) is 18.2 Å². The summed E-state index contributed by atoms with van der Waals surface area (Å²) in [6.45, 7) is 4.52. The first-order chi connectivity index (χ1) is 14.0. The highest BCUT2D eigenvalue weighted by Gasteiger charge is 2.49. The Labute approximate surface area is 171 Å². The predicted molar refractivity (Wildman–Crippen MR) is 113 cm³/mol. The zero-order chi connectivity index (χ0) is 20.2. The second kappa shape index (κ2) is 6.67. The molecule has 2 atom stereocenters. The summed E-state index contributed by atoms with van der Waals surface area (Å²) >= 11 is 0. The molecule has 1 aromatic carbocycles. The summed E-state index contributed by atoms with van der Waals surface area (Å²) in [5.74, 6) is 0.762. The van der Waals surface area contributed by atoms with E-state index in [1.165, 1.54) is 5.56 Å².